The van der Waals surface area contributed by atoms with Crippen molar-refractivity contribution in [2.75, 3.05) is 17.8 Å². The van der Waals surface area contributed by atoms with Crippen LogP contribution >= 0.6 is 11.8 Å². The summed E-state index contributed by atoms with van der Waals surface area (Å²) < 4.78 is 28.1. The normalized spacial score (nSPS) is 12.7. The van der Waals surface area contributed by atoms with Crippen molar-refractivity contribution in [3.8, 4) is 5.82 Å². The van der Waals surface area contributed by atoms with E-state index in [-0.39, 0.29) is 18.2 Å². The average Bonchev–Trinajstić information content (AvgIpc) is 3.19. The number of fused-ring (bicyclic) bond motifs is 1. The van der Waals surface area contributed by atoms with Gasteiger partial charge in [0.15, 0.2) is 0 Å². The number of benzene rings is 1. The highest BCUT2D eigenvalue weighted by atomic mass is 32.2. The molecule has 3 rings (SSSR count). The minimum absolute atomic E-state index is 0.0651. The van der Waals surface area contributed by atoms with Crippen LogP contribution in [0.1, 0.15) is 18.9 Å². The first-order valence-electron chi connectivity index (χ1n) is 9.57. The van der Waals surface area contributed by atoms with E-state index in [1.54, 1.807) is 31.2 Å². The average molecular weight is 448 g/mol. The molecule has 1 atom stereocenters. The van der Waals surface area contributed by atoms with Gasteiger partial charge in [0.05, 0.1) is 16.8 Å². The van der Waals surface area contributed by atoms with E-state index in [1.807, 2.05) is 47.2 Å². The maximum atomic E-state index is 12.5. The first kappa shape index (κ1) is 22.3. The number of pyridine rings is 1. The molecule has 30 heavy (non-hydrogen) atoms. The van der Waals surface area contributed by atoms with Gasteiger partial charge in [0, 0.05) is 12.7 Å². The number of aromatic nitrogens is 3. The summed E-state index contributed by atoms with van der Waals surface area (Å²) in [7, 11) is -3.47. The molecule has 0 aliphatic rings. The molecule has 0 saturated carbocycles. The topological polar surface area (TPSA) is 106 Å². The van der Waals surface area contributed by atoms with Crippen molar-refractivity contribution in [3.63, 3.8) is 0 Å². The Bertz CT molecular complexity index is 1100. The molecule has 2 aromatic heterocycles. The number of carbonyl (C=O) groups excluding carboxylic acids is 1. The quantitative estimate of drug-likeness (QED) is 0.493. The molecule has 0 fully saturated rings. The molecule has 1 unspecified atom stereocenters. The molecule has 1 aromatic carbocycles. The van der Waals surface area contributed by atoms with Gasteiger partial charge in [-0.1, -0.05) is 18.2 Å². The zero-order valence-corrected chi connectivity index (χ0v) is 18.5. The Labute approximate surface area is 180 Å². The molecule has 0 spiro atoms. The minimum atomic E-state index is -3.47. The summed E-state index contributed by atoms with van der Waals surface area (Å²) in [6.07, 6.45) is 5.76. The number of nitrogens with zero attached hydrogens (tertiary/aromatic N) is 3. The van der Waals surface area contributed by atoms with Gasteiger partial charge in [-0.25, -0.2) is 23.1 Å². The van der Waals surface area contributed by atoms with Crippen molar-refractivity contribution in [2.45, 2.75) is 25.9 Å². The van der Waals surface area contributed by atoms with E-state index in [2.05, 4.69) is 20.0 Å². The summed E-state index contributed by atoms with van der Waals surface area (Å²) in [5.74, 6) is 1.00. The predicted molar refractivity (Wildman–Crippen MR) is 120 cm³/mol. The molecule has 2 N–H and O–H groups in total. The molecular formula is C20H25N5O3S2. The lowest BCUT2D eigenvalue weighted by Gasteiger charge is -2.17. The van der Waals surface area contributed by atoms with Crippen molar-refractivity contribution >= 4 is 38.7 Å². The Kier molecular flexibility index (Phi) is 7.46. The third kappa shape index (κ3) is 5.59. The fourth-order valence-electron chi connectivity index (χ4n) is 2.90. The van der Waals surface area contributed by atoms with E-state index < -0.39 is 16.1 Å². The van der Waals surface area contributed by atoms with Crippen molar-refractivity contribution in [2.24, 2.45) is 0 Å². The predicted octanol–water partition coefficient (Wildman–Crippen LogP) is 2.10. The van der Waals surface area contributed by atoms with Gasteiger partial charge in [0.2, 0.25) is 15.9 Å². The number of carbonyl (C=O) groups is 1. The molecule has 10 heteroatoms. The van der Waals surface area contributed by atoms with E-state index in [4.69, 9.17) is 0 Å². The van der Waals surface area contributed by atoms with E-state index in [0.29, 0.717) is 12.2 Å². The fraction of sp³-hybridized carbons (Fsp3) is 0.350. The summed E-state index contributed by atoms with van der Waals surface area (Å²) in [5.41, 5.74) is 2.67. The van der Waals surface area contributed by atoms with Crippen LogP contribution in [0.4, 0.5) is 0 Å². The van der Waals surface area contributed by atoms with Crippen LogP contribution in [0.15, 0.2) is 48.9 Å². The molecule has 0 radical (unpaired) electrons. The zero-order chi connectivity index (χ0) is 21.6. The lowest BCUT2D eigenvalue weighted by molar-refractivity contribution is -0.122. The second-order valence-corrected chi connectivity index (χ2v) is 9.73. The molecule has 0 aliphatic heterocycles. The third-order valence-electron chi connectivity index (χ3n) is 4.61. The summed E-state index contributed by atoms with van der Waals surface area (Å²) >= 11 is 1.56. The van der Waals surface area contributed by atoms with Gasteiger partial charge in [-0.2, -0.15) is 11.8 Å². The van der Waals surface area contributed by atoms with Gasteiger partial charge in [0.25, 0.3) is 0 Å². The standard InChI is InChI=1S/C20H25N5O3S2/c1-3-30(27,28)24-17(10-11-29-2)20(26)22-13-15-8-9-19(21-12-15)25-14-23-16-6-4-5-7-18(16)25/h4-9,12,14,17,24H,3,10-11,13H2,1-2H3,(H,22,26). The van der Waals surface area contributed by atoms with Crippen LogP contribution < -0.4 is 10.0 Å². The summed E-state index contributed by atoms with van der Waals surface area (Å²) in [5, 5.41) is 2.80. The number of amides is 1. The maximum Gasteiger partial charge on any atom is 0.238 e. The van der Waals surface area contributed by atoms with Gasteiger partial charge in [-0.3, -0.25) is 9.36 Å². The number of nitrogens with one attached hydrogen (secondary N) is 2. The zero-order valence-electron chi connectivity index (χ0n) is 16.9. The Balaban J connectivity index is 1.65. The van der Waals surface area contributed by atoms with Crippen LogP contribution in [-0.2, 0) is 21.4 Å². The highest BCUT2D eigenvalue weighted by molar-refractivity contribution is 7.98. The fourth-order valence-corrected chi connectivity index (χ4v) is 4.19. The molecule has 0 aliphatic carbocycles. The van der Waals surface area contributed by atoms with Crippen LogP contribution in [0.2, 0.25) is 0 Å². The van der Waals surface area contributed by atoms with Gasteiger partial charge in [-0.05, 0) is 49.1 Å². The van der Waals surface area contributed by atoms with Crippen molar-refractivity contribution in [1.82, 2.24) is 24.6 Å². The molecule has 1 amide bonds. The number of hydrogen-bond acceptors (Lipinski definition) is 6. The Morgan fingerprint density at radius 3 is 2.70 bits per heavy atom. The van der Waals surface area contributed by atoms with Crippen LogP contribution in [-0.4, -0.2) is 52.7 Å². The molecule has 3 aromatic rings. The van der Waals surface area contributed by atoms with E-state index in [9.17, 15) is 13.2 Å². The monoisotopic (exact) mass is 447 g/mol. The van der Waals surface area contributed by atoms with E-state index in [1.165, 1.54) is 0 Å². The Morgan fingerprint density at radius 1 is 1.20 bits per heavy atom. The minimum Gasteiger partial charge on any atom is -0.351 e. The number of imidazole rings is 1. The highest BCUT2D eigenvalue weighted by Crippen LogP contribution is 2.16. The van der Waals surface area contributed by atoms with Crippen LogP contribution in [0.25, 0.3) is 16.9 Å². The van der Waals surface area contributed by atoms with Crippen molar-refractivity contribution < 1.29 is 13.2 Å². The smallest absolute Gasteiger partial charge is 0.238 e. The maximum absolute atomic E-state index is 12.5. The second kappa shape index (κ2) is 10.1. The highest BCUT2D eigenvalue weighted by Gasteiger charge is 2.22. The first-order chi connectivity index (χ1) is 14.4. The van der Waals surface area contributed by atoms with E-state index >= 15 is 0 Å². The van der Waals surface area contributed by atoms with Crippen LogP contribution in [0.5, 0.6) is 0 Å². The molecule has 2 heterocycles. The number of sulfonamides is 1. The molecular weight excluding hydrogens is 422 g/mol. The number of para-hydroxylation sites is 2. The number of thioether (sulfide) groups is 1. The first-order valence-corrected chi connectivity index (χ1v) is 12.6. The Hall–Kier alpha value is -2.43. The van der Waals surface area contributed by atoms with E-state index in [0.717, 1.165) is 22.4 Å². The summed E-state index contributed by atoms with van der Waals surface area (Å²) in [4.78, 5) is 21.4. The largest absolute Gasteiger partial charge is 0.351 e. The van der Waals surface area contributed by atoms with Crippen molar-refractivity contribution in [3.05, 3.63) is 54.5 Å². The third-order valence-corrected chi connectivity index (χ3v) is 6.65. The number of hydrogen-bond donors (Lipinski definition) is 2. The second-order valence-electron chi connectivity index (χ2n) is 6.70. The number of rotatable bonds is 10. The molecule has 0 saturated heterocycles. The summed E-state index contributed by atoms with van der Waals surface area (Å²) in [6, 6.07) is 10.8. The Morgan fingerprint density at radius 2 is 2.00 bits per heavy atom. The van der Waals surface area contributed by atoms with Crippen LogP contribution in [0, 0.1) is 0 Å². The SMILES string of the molecule is CCS(=O)(=O)NC(CCSC)C(=O)NCc1ccc(-n2cnc3ccccc32)nc1. The van der Waals surface area contributed by atoms with Crippen molar-refractivity contribution in [1.29, 1.82) is 0 Å². The van der Waals surface area contributed by atoms with Gasteiger partial charge in [0.1, 0.15) is 18.2 Å². The molecule has 0 bridgehead atoms. The van der Waals surface area contributed by atoms with Gasteiger partial charge >= 0.3 is 0 Å². The van der Waals surface area contributed by atoms with Gasteiger partial charge in [-0.15, -0.1) is 0 Å². The molecule has 8 nitrogen and oxygen atoms in total. The van der Waals surface area contributed by atoms with Gasteiger partial charge < -0.3 is 5.32 Å². The lowest BCUT2D eigenvalue weighted by Crippen LogP contribution is -2.47. The summed E-state index contributed by atoms with van der Waals surface area (Å²) in [6.45, 7) is 1.81. The molecule has 160 valence electrons. The van der Waals surface area contributed by atoms with Crippen LogP contribution in [0.3, 0.4) is 0 Å². The lowest BCUT2D eigenvalue weighted by atomic mass is 10.2.